The van der Waals surface area contributed by atoms with E-state index in [1.807, 2.05) is 24.6 Å². The standard InChI is InChI=1S/C23H21FN8O2/c1-13-9-15(10-17(12-33)27-13)19-20(14-3-5-16(24)6-4-14)28-22(25)32-21(19)29-31(23(32)34)11-18-26-7-8-30(18)2/h3-10,33H,11-12H2,1-2H3,(H2,25,27,28,29)/p+1. The maximum Gasteiger partial charge on any atom is 0.428 e. The van der Waals surface area contributed by atoms with Crippen molar-refractivity contribution < 1.29 is 13.9 Å². The van der Waals surface area contributed by atoms with Gasteiger partial charge in [0.05, 0.1) is 17.9 Å². The highest BCUT2D eigenvalue weighted by Crippen LogP contribution is 2.33. The molecular weight excluding hydrogens is 439 g/mol. The fraction of sp³-hybridized carbons (Fsp3) is 0.174. The van der Waals surface area contributed by atoms with Gasteiger partial charge in [0.25, 0.3) is 0 Å². The van der Waals surface area contributed by atoms with Crippen LogP contribution < -0.4 is 15.8 Å². The SMILES string of the molecule is Cc1cc(-c2c(-c3ccc(F)cc3)nc(N)[n+]3c(=O)n(Cc4nccn4C)[nH]c23)cc(CO)n1. The highest BCUT2D eigenvalue weighted by Gasteiger charge is 2.26. The summed E-state index contributed by atoms with van der Waals surface area (Å²) in [6, 6.07) is 9.41. The summed E-state index contributed by atoms with van der Waals surface area (Å²) < 4.78 is 18.1. The van der Waals surface area contributed by atoms with Gasteiger partial charge in [-0.1, -0.05) is 0 Å². The van der Waals surface area contributed by atoms with Gasteiger partial charge in [-0.25, -0.2) is 19.3 Å². The third-order valence-electron chi connectivity index (χ3n) is 5.61. The number of hydrogen-bond donors (Lipinski definition) is 3. The molecule has 11 heteroatoms. The van der Waals surface area contributed by atoms with E-state index < -0.39 is 5.69 Å². The summed E-state index contributed by atoms with van der Waals surface area (Å²) >= 11 is 0. The van der Waals surface area contributed by atoms with E-state index in [9.17, 15) is 14.3 Å². The Hall–Kier alpha value is -4.38. The number of fused-ring (bicyclic) bond motifs is 1. The van der Waals surface area contributed by atoms with Crippen LogP contribution in [0.2, 0.25) is 0 Å². The van der Waals surface area contributed by atoms with E-state index in [-0.39, 0.29) is 24.9 Å². The number of aliphatic hydroxyl groups excluding tert-OH is 1. The molecule has 5 rings (SSSR count). The molecule has 0 aliphatic carbocycles. The monoisotopic (exact) mass is 461 g/mol. The Morgan fingerprint density at radius 3 is 2.62 bits per heavy atom. The van der Waals surface area contributed by atoms with E-state index in [0.29, 0.717) is 45.2 Å². The van der Waals surface area contributed by atoms with Crippen molar-refractivity contribution in [1.29, 1.82) is 0 Å². The quantitative estimate of drug-likeness (QED) is 0.339. The maximum atomic E-state index is 13.6. The smallest absolute Gasteiger partial charge is 0.390 e. The van der Waals surface area contributed by atoms with Crippen LogP contribution in [-0.2, 0) is 20.2 Å². The lowest BCUT2D eigenvalue weighted by atomic mass is 9.99. The van der Waals surface area contributed by atoms with Gasteiger partial charge in [0.2, 0.25) is 5.65 Å². The van der Waals surface area contributed by atoms with E-state index in [1.165, 1.54) is 21.2 Å². The molecule has 0 amide bonds. The third-order valence-corrected chi connectivity index (χ3v) is 5.61. The molecule has 0 saturated heterocycles. The summed E-state index contributed by atoms with van der Waals surface area (Å²) in [5, 5.41) is 12.9. The minimum absolute atomic E-state index is 0.0222. The predicted molar refractivity (Wildman–Crippen MR) is 122 cm³/mol. The van der Waals surface area contributed by atoms with E-state index in [1.54, 1.807) is 30.6 Å². The van der Waals surface area contributed by atoms with Gasteiger partial charge in [-0.15, -0.1) is 9.38 Å². The number of nitrogen functional groups attached to an aromatic ring is 1. The van der Waals surface area contributed by atoms with Gasteiger partial charge >= 0.3 is 11.6 Å². The molecule has 4 aromatic heterocycles. The number of anilines is 1. The van der Waals surface area contributed by atoms with Crippen LogP contribution in [0, 0.1) is 12.7 Å². The number of nitrogens with two attached hydrogens (primary N) is 1. The van der Waals surface area contributed by atoms with Gasteiger partial charge in [0, 0.05) is 30.7 Å². The number of aryl methyl sites for hydroxylation is 2. The average Bonchev–Trinajstić information content (AvgIpc) is 3.36. The van der Waals surface area contributed by atoms with Gasteiger partial charge in [0.1, 0.15) is 23.9 Å². The fourth-order valence-corrected chi connectivity index (χ4v) is 4.00. The fourth-order valence-electron chi connectivity index (χ4n) is 4.00. The van der Waals surface area contributed by atoms with E-state index in [2.05, 4.69) is 20.1 Å². The molecule has 0 atom stereocenters. The highest BCUT2D eigenvalue weighted by molar-refractivity contribution is 5.88. The summed E-state index contributed by atoms with van der Waals surface area (Å²) in [5.74, 6) is 0.264. The lowest BCUT2D eigenvalue weighted by molar-refractivity contribution is -0.516. The van der Waals surface area contributed by atoms with Crippen molar-refractivity contribution in [3.63, 3.8) is 0 Å². The number of H-pyrrole nitrogens is 1. The first kappa shape index (κ1) is 21.5. The van der Waals surface area contributed by atoms with Gasteiger partial charge in [-0.3, -0.25) is 4.98 Å². The molecule has 0 spiro atoms. The molecule has 0 bridgehead atoms. The number of rotatable bonds is 5. The Balaban J connectivity index is 1.84. The Labute approximate surface area is 192 Å². The largest absolute Gasteiger partial charge is 0.428 e. The molecule has 0 unspecified atom stereocenters. The number of aromatic nitrogens is 7. The van der Waals surface area contributed by atoms with Crippen LogP contribution in [0.25, 0.3) is 28.0 Å². The minimum atomic E-state index is -0.414. The lowest BCUT2D eigenvalue weighted by Gasteiger charge is -2.10. The second-order valence-corrected chi connectivity index (χ2v) is 7.97. The van der Waals surface area contributed by atoms with Crippen LogP contribution in [0.15, 0.2) is 53.6 Å². The van der Waals surface area contributed by atoms with Gasteiger partial charge in [0.15, 0.2) is 0 Å². The van der Waals surface area contributed by atoms with Crippen LogP contribution in [0.4, 0.5) is 10.3 Å². The Kier molecular flexibility index (Phi) is 5.17. The Morgan fingerprint density at radius 2 is 1.94 bits per heavy atom. The van der Waals surface area contributed by atoms with Gasteiger partial charge < -0.3 is 15.4 Å². The van der Waals surface area contributed by atoms with Gasteiger partial charge in [-0.2, -0.15) is 4.68 Å². The molecule has 0 aliphatic rings. The molecule has 0 aliphatic heterocycles. The average molecular weight is 461 g/mol. The van der Waals surface area contributed by atoms with Crippen molar-refractivity contribution in [3.8, 4) is 22.4 Å². The van der Waals surface area contributed by atoms with Crippen molar-refractivity contribution in [2.45, 2.75) is 20.1 Å². The van der Waals surface area contributed by atoms with Crippen molar-refractivity contribution in [2.24, 2.45) is 7.05 Å². The summed E-state index contributed by atoms with van der Waals surface area (Å²) in [4.78, 5) is 26.4. The molecule has 0 saturated carbocycles. The first-order chi connectivity index (χ1) is 16.4. The van der Waals surface area contributed by atoms with E-state index in [4.69, 9.17) is 5.73 Å². The van der Waals surface area contributed by atoms with Crippen molar-refractivity contribution >= 4 is 11.6 Å². The molecule has 0 fully saturated rings. The zero-order chi connectivity index (χ0) is 24.0. The molecular formula is C23H22FN8O2+. The molecule has 4 N–H and O–H groups in total. The first-order valence-corrected chi connectivity index (χ1v) is 10.5. The number of imidazole rings is 1. The van der Waals surface area contributed by atoms with Crippen molar-refractivity contribution in [2.75, 3.05) is 5.73 Å². The summed E-state index contributed by atoms with van der Waals surface area (Å²) in [6.45, 7) is 1.74. The van der Waals surface area contributed by atoms with E-state index >= 15 is 0 Å². The zero-order valence-electron chi connectivity index (χ0n) is 18.5. The maximum absolute atomic E-state index is 13.6. The first-order valence-electron chi connectivity index (χ1n) is 10.5. The van der Waals surface area contributed by atoms with Crippen LogP contribution >= 0.6 is 0 Å². The molecule has 34 heavy (non-hydrogen) atoms. The van der Waals surface area contributed by atoms with Crippen LogP contribution in [-0.4, -0.2) is 34.4 Å². The topological polar surface area (TPSA) is 132 Å². The van der Waals surface area contributed by atoms with Gasteiger partial charge in [-0.05, 0) is 48.9 Å². The summed E-state index contributed by atoms with van der Waals surface area (Å²) in [6.07, 6.45) is 3.45. The van der Waals surface area contributed by atoms with Crippen molar-refractivity contribution in [3.05, 3.63) is 82.3 Å². The number of hydrogen-bond acceptors (Lipinski definition) is 6. The van der Waals surface area contributed by atoms with E-state index in [0.717, 1.165) is 0 Å². The molecule has 4 heterocycles. The van der Waals surface area contributed by atoms with Crippen LogP contribution in [0.3, 0.4) is 0 Å². The molecule has 172 valence electrons. The highest BCUT2D eigenvalue weighted by atomic mass is 19.1. The number of nitrogens with one attached hydrogen (secondary N) is 1. The number of nitrogens with zero attached hydrogens (tertiary/aromatic N) is 6. The second kappa shape index (κ2) is 8.19. The Morgan fingerprint density at radius 1 is 1.18 bits per heavy atom. The molecule has 0 radical (unpaired) electrons. The van der Waals surface area contributed by atoms with Crippen LogP contribution in [0.1, 0.15) is 17.2 Å². The number of aromatic amines is 1. The third kappa shape index (κ3) is 3.61. The zero-order valence-corrected chi connectivity index (χ0v) is 18.5. The number of benzene rings is 1. The lowest BCUT2D eigenvalue weighted by Crippen LogP contribution is -2.44. The number of pyridine rings is 1. The summed E-state index contributed by atoms with van der Waals surface area (Å²) in [5.41, 5.74) is 9.68. The Bertz CT molecular complexity index is 1580. The second-order valence-electron chi connectivity index (χ2n) is 7.97. The normalized spacial score (nSPS) is 11.4. The molecule has 5 aromatic rings. The van der Waals surface area contributed by atoms with Crippen LogP contribution in [0.5, 0.6) is 0 Å². The molecule has 1 aromatic carbocycles. The predicted octanol–water partition coefficient (Wildman–Crippen LogP) is 1.34. The van der Waals surface area contributed by atoms with Crippen molar-refractivity contribution in [1.82, 2.24) is 29.3 Å². The molecule has 10 nitrogen and oxygen atoms in total. The number of aliphatic hydroxyl groups is 1. The summed E-state index contributed by atoms with van der Waals surface area (Å²) in [7, 11) is 1.84. The minimum Gasteiger partial charge on any atom is -0.390 e. The number of halogens is 1.